The first-order chi connectivity index (χ1) is 11.2. The maximum absolute atomic E-state index is 6.44. The van der Waals surface area contributed by atoms with Crippen LogP contribution in [0.3, 0.4) is 0 Å². The molecule has 4 rings (SSSR count). The Morgan fingerprint density at radius 1 is 1.26 bits per heavy atom. The first-order valence-corrected chi connectivity index (χ1v) is 8.07. The van der Waals surface area contributed by atoms with Crippen molar-refractivity contribution in [2.45, 2.75) is 25.9 Å². The molecule has 4 heteroatoms. The lowest BCUT2D eigenvalue weighted by atomic mass is 9.98. The fourth-order valence-electron chi connectivity index (χ4n) is 3.26. The molecule has 1 N–H and O–H groups in total. The molecule has 23 heavy (non-hydrogen) atoms. The standard InChI is InChI=1S/C19H17ClN2O/c1-12-3-9-16-14(11-12)6-10-17-18(20)21-19(22(16)17)13-4-7-15(23-2)8-5-13/h4,6-7,10-11,19,21H,5,8H2,1-2H3. The lowest BCUT2D eigenvalue weighted by Gasteiger charge is -2.32. The van der Waals surface area contributed by atoms with Crippen molar-refractivity contribution in [2.24, 2.45) is 0 Å². The van der Waals surface area contributed by atoms with Gasteiger partial charge in [0, 0.05) is 17.5 Å². The molecule has 2 heterocycles. The van der Waals surface area contributed by atoms with Crippen LogP contribution >= 0.6 is 11.6 Å². The molecule has 0 bridgehead atoms. The quantitative estimate of drug-likeness (QED) is 0.832. The topological polar surface area (TPSA) is 24.5 Å². The van der Waals surface area contributed by atoms with Gasteiger partial charge in [-0.25, -0.2) is 0 Å². The molecule has 1 aromatic carbocycles. The summed E-state index contributed by atoms with van der Waals surface area (Å²) in [7, 11) is 1.72. The van der Waals surface area contributed by atoms with Crippen molar-refractivity contribution in [1.29, 1.82) is 0 Å². The summed E-state index contributed by atoms with van der Waals surface area (Å²) in [6.45, 7) is 2.03. The molecule has 0 fully saturated rings. The first-order valence-electron chi connectivity index (χ1n) is 7.69. The molecule has 0 saturated carbocycles. The van der Waals surface area contributed by atoms with Gasteiger partial charge < -0.3 is 15.0 Å². The minimum Gasteiger partial charge on any atom is -0.501 e. The summed E-state index contributed by atoms with van der Waals surface area (Å²) in [5.74, 6) is 1.01. The smallest absolute Gasteiger partial charge is 0.128 e. The van der Waals surface area contributed by atoms with Gasteiger partial charge in [0.1, 0.15) is 17.0 Å². The summed E-state index contributed by atoms with van der Waals surface area (Å²) in [6.07, 6.45) is 10.2. The summed E-state index contributed by atoms with van der Waals surface area (Å²) in [4.78, 5) is 2.21. The maximum Gasteiger partial charge on any atom is 0.128 e. The Morgan fingerprint density at radius 2 is 2.13 bits per heavy atom. The average molecular weight is 325 g/mol. The normalized spacial score (nSPS) is 21.9. The van der Waals surface area contributed by atoms with Gasteiger partial charge >= 0.3 is 0 Å². The van der Waals surface area contributed by atoms with Gasteiger partial charge in [-0.3, -0.25) is 0 Å². The second kappa shape index (κ2) is 5.40. The highest BCUT2D eigenvalue weighted by atomic mass is 35.5. The molecule has 1 aromatic rings. The highest BCUT2D eigenvalue weighted by Crippen LogP contribution is 2.39. The number of nitrogens with zero attached hydrogens (tertiary/aromatic N) is 1. The highest BCUT2D eigenvalue weighted by Gasteiger charge is 2.36. The van der Waals surface area contributed by atoms with Crippen molar-refractivity contribution < 1.29 is 4.74 Å². The Morgan fingerprint density at radius 3 is 2.87 bits per heavy atom. The SMILES string of the molecule is COC1=CC=C(C2NC(Cl)=C3C=Cc4cc(C)c#cc4N32)CC1. The zero-order valence-electron chi connectivity index (χ0n) is 13.1. The second-order valence-corrected chi connectivity index (χ2v) is 6.29. The Bertz CT molecular complexity index is 789. The number of nitrogens with one attached hydrogen (secondary N) is 1. The third-order valence-corrected chi connectivity index (χ3v) is 4.75. The Hall–Kier alpha value is -2.31. The fraction of sp³-hybridized carbons (Fsp3) is 0.263. The minimum absolute atomic E-state index is 0.0169. The molecular weight excluding hydrogens is 308 g/mol. The van der Waals surface area contributed by atoms with Crippen LogP contribution in [0.15, 0.2) is 46.5 Å². The molecule has 0 spiro atoms. The van der Waals surface area contributed by atoms with Gasteiger partial charge in [-0.15, -0.1) is 0 Å². The lowest BCUT2D eigenvalue weighted by molar-refractivity contribution is 0.275. The van der Waals surface area contributed by atoms with Crippen LogP contribution in [0.25, 0.3) is 6.08 Å². The van der Waals surface area contributed by atoms with Crippen LogP contribution in [0.1, 0.15) is 24.0 Å². The van der Waals surface area contributed by atoms with E-state index in [1.807, 2.05) is 13.0 Å². The third-order valence-electron chi connectivity index (χ3n) is 4.45. The second-order valence-electron chi connectivity index (χ2n) is 5.91. The molecular formula is C19H17ClN2O. The summed E-state index contributed by atoms with van der Waals surface area (Å²) < 4.78 is 5.32. The van der Waals surface area contributed by atoms with Crippen LogP contribution in [0.5, 0.6) is 0 Å². The summed E-state index contributed by atoms with van der Waals surface area (Å²) >= 11 is 6.44. The number of ether oxygens (including phenoxy) is 1. The van der Waals surface area contributed by atoms with Gasteiger partial charge in [0.2, 0.25) is 0 Å². The number of allylic oxidation sites excluding steroid dienone is 4. The van der Waals surface area contributed by atoms with E-state index < -0.39 is 0 Å². The lowest BCUT2D eigenvalue weighted by Crippen LogP contribution is -2.40. The highest BCUT2D eigenvalue weighted by molar-refractivity contribution is 6.30. The molecule has 0 amide bonds. The first kappa shape index (κ1) is 14.3. The van der Waals surface area contributed by atoms with Gasteiger partial charge in [0.05, 0.1) is 18.6 Å². The summed E-state index contributed by atoms with van der Waals surface area (Å²) in [5.41, 5.74) is 5.52. The number of hydrogen-bond donors (Lipinski definition) is 1. The van der Waals surface area contributed by atoms with E-state index in [0.29, 0.717) is 5.16 Å². The Balaban J connectivity index is 1.75. The minimum atomic E-state index is 0.0169. The molecule has 1 unspecified atom stereocenters. The molecule has 116 valence electrons. The molecule has 2 aliphatic heterocycles. The van der Waals surface area contributed by atoms with Gasteiger partial charge in [0.15, 0.2) is 0 Å². The Kier molecular flexibility index (Phi) is 3.36. The van der Waals surface area contributed by atoms with E-state index in [4.69, 9.17) is 16.3 Å². The van der Waals surface area contributed by atoms with Crippen molar-refractivity contribution in [1.82, 2.24) is 5.32 Å². The Labute approximate surface area is 141 Å². The number of anilines is 1. The van der Waals surface area contributed by atoms with Crippen molar-refractivity contribution in [3.8, 4) is 0 Å². The van der Waals surface area contributed by atoms with Crippen molar-refractivity contribution in [3.63, 3.8) is 0 Å². The van der Waals surface area contributed by atoms with Crippen LogP contribution in [0.2, 0.25) is 0 Å². The molecule has 0 saturated heterocycles. The van der Waals surface area contributed by atoms with E-state index in [0.717, 1.165) is 41.1 Å². The molecule has 0 radical (unpaired) electrons. The molecule has 1 aliphatic carbocycles. The summed E-state index contributed by atoms with van der Waals surface area (Å²) in [6, 6.07) is 8.59. The van der Waals surface area contributed by atoms with Gasteiger partial charge in [-0.05, 0) is 49.3 Å². The van der Waals surface area contributed by atoms with E-state index in [1.165, 1.54) is 5.57 Å². The third kappa shape index (κ3) is 2.31. The predicted octanol–water partition coefficient (Wildman–Crippen LogP) is 4.02. The van der Waals surface area contributed by atoms with Crippen molar-refractivity contribution in [3.05, 3.63) is 69.7 Å². The number of hydrogen-bond acceptors (Lipinski definition) is 3. The number of fused-ring (bicyclic) bond motifs is 3. The number of halogens is 1. The van der Waals surface area contributed by atoms with E-state index in [9.17, 15) is 0 Å². The van der Waals surface area contributed by atoms with Crippen LogP contribution in [0, 0.1) is 19.1 Å². The van der Waals surface area contributed by atoms with E-state index in [-0.39, 0.29) is 6.17 Å². The largest absolute Gasteiger partial charge is 0.501 e. The van der Waals surface area contributed by atoms with Crippen molar-refractivity contribution >= 4 is 23.4 Å². The van der Waals surface area contributed by atoms with E-state index in [1.54, 1.807) is 7.11 Å². The molecule has 1 atom stereocenters. The van der Waals surface area contributed by atoms with Gasteiger partial charge in [0.25, 0.3) is 0 Å². The zero-order valence-corrected chi connectivity index (χ0v) is 13.9. The summed E-state index contributed by atoms with van der Waals surface area (Å²) in [5, 5.41) is 4.08. The van der Waals surface area contributed by atoms with Crippen LogP contribution in [0.4, 0.5) is 5.69 Å². The van der Waals surface area contributed by atoms with Gasteiger partial charge in [-0.1, -0.05) is 23.7 Å². The van der Waals surface area contributed by atoms with Crippen LogP contribution < -0.4 is 10.2 Å². The van der Waals surface area contributed by atoms with E-state index in [2.05, 4.69) is 46.6 Å². The van der Waals surface area contributed by atoms with Crippen LogP contribution in [-0.2, 0) is 4.74 Å². The van der Waals surface area contributed by atoms with Crippen molar-refractivity contribution in [2.75, 3.05) is 12.0 Å². The van der Waals surface area contributed by atoms with Crippen LogP contribution in [-0.4, -0.2) is 13.3 Å². The monoisotopic (exact) mass is 324 g/mol. The molecule has 3 aliphatic rings. The average Bonchev–Trinajstić information content (AvgIpc) is 2.92. The zero-order chi connectivity index (χ0) is 16.0. The number of rotatable bonds is 2. The molecule has 0 aromatic heterocycles. The fourth-order valence-corrected chi connectivity index (χ4v) is 3.52. The predicted molar refractivity (Wildman–Crippen MR) is 92.6 cm³/mol. The van der Waals surface area contributed by atoms with Gasteiger partial charge in [-0.2, -0.15) is 0 Å². The van der Waals surface area contributed by atoms with E-state index >= 15 is 0 Å². The number of methoxy groups -OCH3 is 1. The molecule has 3 nitrogen and oxygen atoms in total. The number of aryl methyl sites for hydroxylation is 1. The maximum atomic E-state index is 6.44.